The van der Waals surface area contributed by atoms with Gasteiger partial charge in [0.1, 0.15) is 0 Å². The van der Waals surface area contributed by atoms with E-state index in [1.165, 1.54) is 19.2 Å². The highest BCUT2D eigenvalue weighted by Gasteiger charge is 2.29. The van der Waals surface area contributed by atoms with E-state index in [4.69, 9.17) is 0 Å². The van der Waals surface area contributed by atoms with Crippen molar-refractivity contribution >= 4 is 23.5 Å². The maximum atomic E-state index is 12.2. The number of benzene rings is 1. The first-order valence-electron chi connectivity index (χ1n) is 6.88. The molecule has 6 nitrogen and oxygen atoms in total. The Balaban J connectivity index is 2.06. The van der Waals surface area contributed by atoms with Crippen LogP contribution in [0.2, 0.25) is 0 Å². The van der Waals surface area contributed by atoms with E-state index in [-0.39, 0.29) is 5.91 Å². The number of rotatable bonds is 4. The van der Waals surface area contributed by atoms with E-state index in [9.17, 15) is 19.5 Å². The van der Waals surface area contributed by atoms with Gasteiger partial charge in [-0.05, 0) is 37.1 Å². The number of methoxy groups -OCH3 is 1. The summed E-state index contributed by atoms with van der Waals surface area (Å²) in [6.07, 6.45) is 4.20. The van der Waals surface area contributed by atoms with Crippen LogP contribution in [0.1, 0.15) is 23.2 Å². The number of hydrogen-bond acceptors (Lipinski definition) is 5. The number of carbonyl (C=O) groups is 3. The lowest BCUT2D eigenvalue weighted by Crippen LogP contribution is -2.41. The lowest BCUT2D eigenvalue weighted by molar-refractivity contribution is -0.313. The maximum Gasteiger partial charge on any atom is 0.337 e. The predicted octanol–water partition coefficient (Wildman–Crippen LogP) is 0.744. The number of esters is 1. The number of carboxylic acid groups (broad SMARTS) is 1. The normalized spacial score (nSPS) is 20.2. The fourth-order valence-electron chi connectivity index (χ4n) is 2.41. The maximum absolute atomic E-state index is 12.2. The van der Waals surface area contributed by atoms with Gasteiger partial charge in [0.2, 0.25) is 5.91 Å². The zero-order chi connectivity index (χ0) is 16.1. The minimum atomic E-state index is -1.22. The Kier molecular flexibility index (Phi) is 4.93. The highest BCUT2D eigenvalue weighted by atomic mass is 16.5. The molecule has 0 spiro atoms. The average Bonchev–Trinajstić information content (AvgIpc) is 2.54. The van der Waals surface area contributed by atoms with Gasteiger partial charge in [0.15, 0.2) is 0 Å². The summed E-state index contributed by atoms with van der Waals surface area (Å²) in [5, 5.41) is 13.8. The topological polar surface area (TPSA) is 95.5 Å². The third kappa shape index (κ3) is 3.52. The van der Waals surface area contributed by atoms with Crippen LogP contribution in [0, 0.1) is 11.8 Å². The van der Waals surface area contributed by atoms with Crippen LogP contribution >= 0.6 is 0 Å². The van der Waals surface area contributed by atoms with Crippen LogP contribution in [-0.2, 0) is 14.3 Å². The van der Waals surface area contributed by atoms with Gasteiger partial charge in [-0.15, -0.1) is 0 Å². The summed E-state index contributed by atoms with van der Waals surface area (Å²) in [5.41, 5.74) is 0.859. The molecule has 0 bridgehead atoms. The summed E-state index contributed by atoms with van der Waals surface area (Å²) in [6, 6.07) is 6.19. The van der Waals surface area contributed by atoms with Crippen molar-refractivity contribution in [2.24, 2.45) is 11.8 Å². The Morgan fingerprint density at radius 3 is 2.23 bits per heavy atom. The fraction of sp³-hybridized carbons (Fsp3) is 0.312. The van der Waals surface area contributed by atoms with E-state index in [0.717, 1.165) is 0 Å². The standard InChI is InChI=1S/C16H17NO5/c1-22-16(21)10-6-8-11(9-7-10)17-14(18)12-4-2-3-5-13(12)15(19)20/h2-3,6-9,12-13H,4-5H2,1H3,(H,17,18)(H,19,20)/p-1/t12-,13+/m1/s1. The number of carbonyl (C=O) groups excluding carboxylic acids is 3. The highest BCUT2D eigenvalue weighted by molar-refractivity contribution is 5.96. The van der Waals surface area contributed by atoms with Crippen molar-refractivity contribution in [2.75, 3.05) is 12.4 Å². The molecule has 1 N–H and O–H groups in total. The summed E-state index contributed by atoms with van der Waals surface area (Å²) in [6.45, 7) is 0. The van der Waals surface area contributed by atoms with Gasteiger partial charge in [-0.25, -0.2) is 4.79 Å². The monoisotopic (exact) mass is 302 g/mol. The summed E-state index contributed by atoms with van der Waals surface area (Å²) in [5.74, 6) is -3.53. The van der Waals surface area contributed by atoms with Gasteiger partial charge in [-0.3, -0.25) is 4.79 Å². The van der Waals surface area contributed by atoms with Crippen molar-refractivity contribution in [2.45, 2.75) is 12.8 Å². The van der Waals surface area contributed by atoms with Gasteiger partial charge in [0, 0.05) is 17.6 Å². The molecule has 1 aromatic rings. The molecule has 1 aliphatic carbocycles. The molecule has 0 heterocycles. The van der Waals surface area contributed by atoms with Gasteiger partial charge in [-0.1, -0.05) is 12.2 Å². The van der Waals surface area contributed by atoms with Gasteiger partial charge < -0.3 is 20.0 Å². The van der Waals surface area contributed by atoms with E-state index in [1.54, 1.807) is 24.3 Å². The van der Waals surface area contributed by atoms with Crippen molar-refractivity contribution in [1.29, 1.82) is 0 Å². The Labute approximate surface area is 127 Å². The summed E-state index contributed by atoms with van der Waals surface area (Å²) in [7, 11) is 1.29. The van der Waals surface area contributed by atoms with Crippen molar-refractivity contribution in [1.82, 2.24) is 0 Å². The molecule has 0 radical (unpaired) electrons. The molecule has 0 unspecified atom stereocenters. The van der Waals surface area contributed by atoms with Gasteiger partial charge in [-0.2, -0.15) is 0 Å². The highest BCUT2D eigenvalue weighted by Crippen LogP contribution is 2.26. The molecule has 1 aromatic carbocycles. The summed E-state index contributed by atoms with van der Waals surface area (Å²) >= 11 is 0. The third-order valence-corrected chi connectivity index (χ3v) is 3.65. The first-order valence-corrected chi connectivity index (χ1v) is 6.88. The van der Waals surface area contributed by atoms with Crippen molar-refractivity contribution in [3.8, 4) is 0 Å². The van der Waals surface area contributed by atoms with E-state index in [2.05, 4.69) is 10.1 Å². The summed E-state index contributed by atoms with van der Waals surface area (Å²) in [4.78, 5) is 34.7. The predicted molar refractivity (Wildman–Crippen MR) is 76.8 cm³/mol. The van der Waals surface area contributed by atoms with Crippen LogP contribution in [0.4, 0.5) is 5.69 Å². The van der Waals surface area contributed by atoms with Crippen molar-refractivity contribution in [3.63, 3.8) is 0 Å². The molecule has 2 rings (SSSR count). The molecule has 116 valence electrons. The second-order valence-electron chi connectivity index (χ2n) is 5.03. The van der Waals surface area contributed by atoms with Gasteiger partial charge >= 0.3 is 5.97 Å². The van der Waals surface area contributed by atoms with Crippen LogP contribution in [-0.4, -0.2) is 25.0 Å². The molecule has 0 aromatic heterocycles. The average molecular weight is 302 g/mol. The number of hydrogen-bond donors (Lipinski definition) is 1. The van der Waals surface area contributed by atoms with Crippen molar-refractivity contribution < 1.29 is 24.2 Å². The minimum Gasteiger partial charge on any atom is -0.550 e. The second-order valence-corrected chi connectivity index (χ2v) is 5.03. The van der Waals surface area contributed by atoms with Crippen LogP contribution in [0.5, 0.6) is 0 Å². The third-order valence-electron chi connectivity index (χ3n) is 3.65. The minimum absolute atomic E-state index is 0.293. The van der Waals surface area contributed by atoms with E-state index >= 15 is 0 Å². The molecule has 6 heteroatoms. The molecule has 0 saturated carbocycles. The Morgan fingerprint density at radius 1 is 1.09 bits per heavy atom. The zero-order valence-corrected chi connectivity index (χ0v) is 12.1. The largest absolute Gasteiger partial charge is 0.550 e. The molecule has 1 amide bonds. The zero-order valence-electron chi connectivity index (χ0n) is 12.1. The number of anilines is 1. The molecule has 0 saturated heterocycles. The van der Waals surface area contributed by atoms with E-state index in [0.29, 0.717) is 24.1 Å². The van der Waals surface area contributed by atoms with Crippen LogP contribution in [0.3, 0.4) is 0 Å². The SMILES string of the molecule is COC(=O)c1ccc(NC(=O)[C@@H]2CC=CC[C@@H]2C(=O)[O-])cc1. The number of amides is 1. The molecular weight excluding hydrogens is 286 g/mol. The molecule has 2 atom stereocenters. The lowest BCUT2D eigenvalue weighted by Gasteiger charge is -2.28. The Hall–Kier alpha value is -2.63. The smallest absolute Gasteiger partial charge is 0.337 e. The Bertz CT molecular complexity index is 605. The van der Waals surface area contributed by atoms with Gasteiger partial charge in [0.05, 0.1) is 18.6 Å². The first-order chi connectivity index (χ1) is 10.5. The lowest BCUT2D eigenvalue weighted by atomic mass is 9.82. The number of ether oxygens (including phenoxy) is 1. The first kappa shape index (κ1) is 15.8. The van der Waals surface area contributed by atoms with Crippen molar-refractivity contribution in [3.05, 3.63) is 42.0 Å². The molecule has 1 aliphatic rings. The van der Waals surface area contributed by atoms with Crippen LogP contribution < -0.4 is 10.4 Å². The number of aliphatic carboxylic acids is 1. The number of nitrogens with one attached hydrogen (secondary N) is 1. The number of allylic oxidation sites excluding steroid dienone is 2. The second kappa shape index (κ2) is 6.89. The molecule has 0 fully saturated rings. The number of carboxylic acids is 1. The van der Waals surface area contributed by atoms with E-state index in [1.807, 2.05) is 0 Å². The Morgan fingerprint density at radius 2 is 1.68 bits per heavy atom. The van der Waals surface area contributed by atoms with Gasteiger partial charge in [0.25, 0.3) is 0 Å². The quantitative estimate of drug-likeness (QED) is 0.654. The fourth-order valence-corrected chi connectivity index (χ4v) is 2.41. The van der Waals surface area contributed by atoms with Crippen LogP contribution in [0.25, 0.3) is 0 Å². The molecule has 0 aliphatic heterocycles. The van der Waals surface area contributed by atoms with E-state index < -0.39 is 23.8 Å². The van der Waals surface area contributed by atoms with Crippen LogP contribution in [0.15, 0.2) is 36.4 Å². The summed E-state index contributed by atoms with van der Waals surface area (Å²) < 4.78 is 4.59. The molecule has 22 heavy (non-hydrogen) atoms. The molecular formula is C16H16NO5-.